The smallest absolute Gasteiger partial charge is 0.171 e. The minimum atomic E-state index is -0.470. The maximum atomic E-state index is 13.8. The van der Waals surface area contributed by atoms with E-state index in [1.54, 1.807) is 30.3 Å². The van der Waals surface area contributed by atoms with Gasteiger partial charge in [0.15, 0.2) is 5.78 Å². The predicted molar refractivity (Wildman–Crippen MR) is 81.7 cm³/mol. The average Bonchev–Trinajstić information content (AvgIpc) is 2.49. The lowest BCUT2D eigenvalue weighted by Crippen LogP contribution is -2.09. The molecule has 0 atom stereocenters. The van der Waals surface area contributed by atoms with Crippen molar-refractivity contribution in [1.29, 1.82) is 0 Å². The van der Waals surface area contributed by atoms with Crippen molar-refractivity contribution in [2.75, 3.05) is 6.61 Å². The number of benzene rings is 2. The summed E-state index contributed by atoms with van der Waals surface area (Å²) in [6, 6.07) is 11.4. The molecule has 0 amide bonds. The third kappa shape index (κ3) is 3.82. The summed E-state index contributed by atoms with van der Waals surface area (Å²) in [6.07, 6.45) is 0.764. The first kappa shape index (κ1) is 15.5. The Bertz CT molecular complexity index is 620. The Hall–Kier alpha value is -1.87. The molecule has 4 heteroatoms. The lowest BCUT2D eigenvalue weighted by Gasteiger charge is -2.11. The molecule has 0 aliphatic heterocycles. The van der Waals surface area contributed by atoms with Crippen molar-refractivity contribution in [1.82, 2.24) is 0 Å². The van der Waals surface area contributed by atoms with Gasteiger partial charge in [-0.2, -0.15) is 0 Å². The van der Waals surface area contributed by atoms with Crippen LogP contribution >= 0.6 is 11.6 Å². The molecule has 0 spiro atoms. The molecule has 0 aromatic heterocycles. The van der Waals surface area contributed by atoms with E-state index >= 15 is 0 Å². The van der Waals surface area contributed by atoms with E-state index in [4.69, 9.17) is 16.3 Å². The molecule has 2 aromatic rings. The van der Waals surface area contributed by atoms with Gasteiger partial charge in [-0.1, -0.05) is 36.7 Å². The molecule has 2 nitrogen and oxygen atoms in total. The number of ether oxygens (including phenoxy) is 1. The minimum Gasteiger partial charge on any atom is -0.493 e. The highest BCUT2D eigenvalue weighted by Gasteiger charge is 2.16. The predicted octanol–water partition coefficient (Wildman–Crippen LogP) is 4.69. The van der Waals surface area contributed by atoms with Gasteiger partial charge in [0.1, 0.15) is 11.6 Å². The third-order valence-electron chi connectivity index (χ3n) is 3.05. The van der Waals surface area contributed by atoms with Crippen LogP contribution in [-0.4, -0.2) is 12.4 Å². The van der Waals surface area contributed by atoms with Crippen LogP contribution in [0.25, 0.3) is 0 Å². The first-order valence-electron chi connectivity index (χ1n) is 6.81. The van der Waals surface area contributed by atoms with E-state index in [-0.39, 0.29) is 22.8 Å². The van der Waals surface area contributed by atoms with E-state index in [1.807, 2.05) is 6.92 Å². The molecule has 0 radical (unpaired) electrons. The molecule has 0 saturated carbocycles. The number of ketones is 1. The van der Waals surface area contributed by atoms with Gasteiger partial charge in [0.05, 0.1) is 12.2 Å². The summed E-state index contributed by atoms with van der Waals surface area (Å²) < 4.78 is 19.3. The quantitative estimate of drug-likeness (QED) is 0.723. The maximum absolute atomic E-state index is 13.8. The zero-order chi connectivity index (χ0) is 15.2. The number of Topliss-reactive ketones (excluding diaryl/α,β-unsaturated/α-hetero) is 1. The third-order valence-corrected chi connectivity index (χ3v) is 3.40. The molecule has 0 heterocycles. The van der Waals surface area contributed by atoms with Gasteiger partial charge in [-0.3, -0.25) is 4.79 Å². The number of hydrogen-bond acceptors (Lipinski definition) is 2. The Balaban J connectivity index is 2.25. The van der Waals surface area contributed by atoms with Crippen LogP contribution in [0.15, 0.2) is 42.5 Å². The maximum Gasteiger partial charge on any atom is 0.171 e. The SMILES string of the molecule is CCCOc1ccccc1C(=O)Cc1c(F)cccc1Cl. The van der Waals surface area contributed by atoms with Crippen LogP contribution in [0.4, 0.5) is 4.39 Å². The highest BCUT2D eigenvalue weighted by molar-refractivity contribution is 6.31. The minimum absolute atomic E-state index is 0.0853. The van der Waals surface area contributed by atoms with Crippen LogP contribution in [0, 0.1) is 5.82 Å². The molecule has 21 heavy (non-hydrogen) atoms. The summed E-state index contributed by atoms with van der Waals surface area (Å²) in [5, 5.41) is 0.260. The molecule has 0 unspecified atom stereocenters. The fourth-order valence-electron chi connectivity index (χ4n) is 1.99. The van der Waals surface area contributed by atoms with Gasteiger partial charge in [0.25, 0.3) is 0 Å². The lowest BCUT2D eigenvalue weighted by molar-refractivity contribution is 0.0988. The van der Waals surface area contributed by atoms with Crippen molar-refractivity contribution in [3.63, 3.8) is 0 Å². The Morgan fingerprint density at radius 1 is 1.19 bits per heavy atom. The molecule has 0 aliphatic rings. The van der Waals surface area contributed by atoms with Crippen molar-refractivity contribution in [2.45, 2.75) is 19.8 Å². The highest BCUT2D eigenvalue weighted by atomic mass is 35.5. The van der Waals surface area contributed by atoms with Gasteiger partial charge in [-0.15, -0.1) is 0 Å². The van der Waals surface area contributed by atoms with Crippen LogP contribution in [0.1, 0.15) is 29.3 Å². The second kappa shape index (κ2) is 7.23. The number of carbonyl (C=O) groups excluding carboxylic acids is 1. The molecular weight excluding hydrogens is 291 g/mol. The van der Waals surface area contributed by atoms with Gasteiger partial charge in [0.2, 0.25) is 0 Å². The highest BCUT2D eigenvalue weighted by Crippen LogP contribution is 2.24. The van der Waals surface area contributed by atoms with Crippen molar-refractivity contribution < 1.29 is 13.9 Å². The van der Waals surface area contributed by atoms with E-state index in [2.05, 4.69) is 0 Å². The van der Waals surface area contributed by atoms with E-state index in [9.17, 15) is 9.18 Å². The van der Waals surface area contributed by atoms with Gasteiger partial charge >= 0.3 is 0 Å². The van der Waals surface area contributed by atoms with E-state index in [1.165, 1.54) is 12.1 Å². The van der Waals surface area contributed by atoms with Crippen LogP contribution < -0.4 is 4.74 Å². The lowest BCUT2D eigenvalue weighted by atomic mass is 10.0. The summed E-state index contributed by atoms with van der Waals surface area (Å²) >= 11 is 5.96. The number of para-hydroxylation sites is 1. The van der Waals surface area contributed by atoms with Crippen molar-refractivity contribution >= 4 is 17.4 Å². The van der Waals surface area contributed by atoms with Gasteiger partial charge in [-0.05, 0) is 30.7 Å². The van der Waals surface area contributed by atoms with Gasteiger partial charge < -0.3 is 4.74 Å². The molecule has 0 N–H and O–H groups in total. The summed E-state index contributed by atoms with van der Waals surface area (Å²) in [6.45, 7) is 2.52. The average molecular weight is 307 g/mol. The fourth-order valence-corrected chi connectivity index (χ4v) is 2.22. The van der Waals surface area contributed by atoms with E-state index < -0.39 is 5.82 Å². The van der Waals surface area contributed by atoms with Crippen molar-refractivity contribution in [2.24, 2.45) is 0 Å². The first-order chi connectivity index (χ1) is 10.1. The number of carbonyl (C=O) groups is 1. The summed E-state index contributed by atoms with van der Waals surface area (Å²) in [5.41, 5.74) is 0.666. The number of hydrogen-bond donors (Lipinski definition) is 0. The molecule has 2 aromatic carbocycles. The van der Waals surface area contributed by atoms with Gasteiger partial charge in [0, 0.05) is 17.0 Å². The molecular formula is C17H16ClFO2. The Morgan fingerprint density at radius 3 is 2.67 bits per heavy atom. The molecule has 0 bridgehead atoms. The first-order valence-corrected chi connectivity index (χ1v) is 7.19. The number of rotatable bonds is 6. The molecule has 2 rings (SSSR count). The van der Waals surface area contributed by atoms with Crippen molar-refractivity contribution in [3.05, 3.63) is 64.4 Å². The largest absolute Gasteiger partial charge is 0.493 e. The topological polar surface area (TPSA) is 26.3 Å². The van der Waals surface area contributed by atoms with Crippen LogP contribution in [0.3, 0.4) is 0 Å². The van der Waals surface area contributed by atoms with Crippen LogP contribution in [-0.2, 0) is 6.42 Å². The Morgan fingerprint density at radius 2 is 1.95 bits per heavy atom. The van der Waals surface area contributed by atoms with E-state index in [0.717, 1.165) is 6.42 Å². The second-order valence-electron chi connectivity index (χ2n) is 4.64. The molecule has 0 saturated heterocycles. The zero-order valence-electron chi connectivity index (χ0n) is 11.7. The van der Waals surface area contributed by atoms with Crippen LogP contribution in [0.5, 0.6) is 5.75 Å². The second-order valence-corrected chi connectivity index (χ2v) is 5.05. The van der Waals surface area contributed by atoms with Crippen molar-refractivity contribution in [3.8, 4) is 5.75 Å². The van der Waals surface area contributed by atoms with E-state index in [0.29, 0.717) is 17.9 Å². The van der Waals surface area contributed by atoms with Gasteiger partial charge in [-0.25, -0.2) is 4.39 Å². The Labute approximate surface area is 128 Å². The molecule has 0 fully saturated rings. The van der Waals surface area contributed by atoms with Crippen LogP contribution in [0.2, 0.25) is 5.02 Å². The Kier molecular flexibility index (Phi) is 5.34. The molecule has 110 valence electrons. The fraction of sp³-hybridized carbons (Fsp3) is 0.235. The molecule has 0 aliphatic carbocycles. The normalized spacial score (nSPS) is 10.4. The summed E-state index contributed by atoms with van der Waals surface area (Å²) in [5.74, 6) is -0.159. The zero-order valence-corrected chi connectivity index (χ0v) is 12.5. The monoisotopic (exact) mass is 306 g/mol. The summed E-state index contributed by atoms with van der Waals surface area (Å²) in [4.78, 5) is 12.4. The standard InChI is InChI=1S/C17H16ClFO2/c1-2-10-21-17-9-4-3-6-12(17)16(20)11-13-14(18)7-5-8-15(13)19/h3-9H,2,10-11H2,1H3. The number of halogens is 2. The summed E-state index contributed by atoms with van der Waals surface area (Å²) in [7, 11) is 0.